The second kappa shape index (κ2) is 7.42. The number of fused-ring (bicyclic) bond motifs is 1. The Kier molecular flexibility index (Phi) is 4.81. The van der Waals surface area contributed by atoms with Gasteiger partial charge in [0.1, 0.15) is 13.2 Å². The lowest BCUT2D eigenvalue weighted by atomic mass is 10.1. The zero-order valence-electron chi connectivity index (χ0n) is 16.0. The van der Waals surface area contributed by atoms with E-state index in [1.165, 1.54) is 0 Å². The van der Waals surface area contributed by atoms with Crippen LogP contribution in [0.3, 0.4) is 0 Å². The Morgan fingerprint density at radius 2 is 1.89 bits per heavy atom. The fourth-order valence-electron chi connectivity index (χ4n) is 3.48. The van der Waals surface area contributed by atoms with Gasteiger partial charge in [-0.1, -0.05) is 12.1 Å². The zero-order valence-corrected chi connectivity index (χ0v) is 16.0. The van der Waals surface area contributed by atoms with Crippen LogP contribution >= 0.6 is 0 Å². The first kappa shape index (κ1) is 18.2. The molecule has 2 N–H and O–H groups in total. The first-order chi connectivity index (χ1) is 13.5. The van der Waals surface area contributed by atoms with Crippen LogP contribution < -0.4 is 25.0 Å². The minimum atomic E-state index is -0.310. The Labute approximate surface area is 163 Å². The average molecular weight is 381 g/mol. The Morgan fingerprint density at radius 3 is 2.71 bits per heavy atom. The molecule has 7 nitrogen and oxygen atoms in total. The molecule has 1 saturated heterocycles. The van der Waals surface area contributed by atoms with Gasteiger partial charge in [0, 0.05) is 30.4 Å². The van der Waals surface area contributed by atoms with E-state index < -0.39 is 0 Å². The van der Waals surface area contributed by atoms with E-state index in [2.05, 4.69) is 10.6 Å². The molecule has 0 aromatic heterocycles. The minimum Gasteiger partial charge on any atom is -0.486 e. The number of carbonyl (C=O) groups is 2. The molecule has 0 radical (unpaired) electrons. The van der Waals surface area contributed by atoms with Crippen molar-refractivity contribution < 1.29 is 19.1 Å². The van der Waals surface area contributed by atoms with E-state index >= 15 is 0 Å². The molecule has 2 heterocycles. The second-order valence-corrected chi connectivity index (χ2v) is 7.08. The first-order valence-electron chi connectivity index (χ1n) is 9.35. The van der Waals surface area contributed by atoms with Crippen molar-refractivity contribution >= 4 is 23.3 Å². The summed E-state index contributed by atoms with van der Waals surface area (Å²) < 4.78 is 11.1. The maximum absolute atomic E-state index is 12.5. The Morgan fingerprint density at radius 1 is 1.11 bits per heavy atom. The van der Waals surface area contributed by atoms with Gasteiger partial charge in [0.15, 0.2) is 11.5 Å². The number of amides is 3. The molecule has 1 fully saturated rings. The van der Waals surface area contributed by atoms with Gasteiger partial charge >= 0.3 is 6.03 Å². The molecule has 3 amide bonds. The molecule has 146 valence electrons. The van der Waals surface area contributed by atoms with E-state index in [4.69, 9.17) is 9.47 Å². The first-order valence-corrected chi connectivity index (χ1v) is 9.35. The van der Waals surface area contributed by atoms with E-state index in [-0.39, 0.29) is 24.4 Å². The quantitative estimate of drug-likeness (QED) is 0.857. The number of benzene rings is 2. The zero-order chi connectivity index (χ0) is 19.7. The summed E-state index contributed by atoms with van der Waals surface area (Å²) >= 11 is 0. The summed E-state index contributed by atoms with van der Waals surface area (Å²) in [6.07, 6.45) is 0.259. The lowest BCUT2D eigenvalue weighted by Crippen LogP contribution is -2.39. The topological polar surface area (TPSA) is 79.9 Å². The number of ether oxygens (including phenoxy) is 2. The van der Waals surface area contributed by atoms with Gasteiger partial charge in [-0.05, 0) is 43.2 Å². The lowest BCUT2D eigenvalue weighted by Gasteiger charge is -2.22. The van der Waals surface area contributed by atoms with Crippen LogP contribution in [0.2, 0.25) is 0 Å². The van der Waals surface area contributed by atoms with Crippen LogP contribution in [0.1, 0.15) is 17.5 Å². The molecule has 4 rings (SSSR count). The lowest BCUT2D eigenvalue weighted by molar-refractivity contribution is -0.117. The van der Waals surface area contributed by atoms with Crippen molar-refractivity contribution in [2.45, 2.75) is 26.3 Å². The van der Waals surface area contributed by atoms with Gasteiger partial charge in [-0.3, -0.25) is 4.79 Å². The van der Waals surface area contributed by atoms with Crippen LogP contribution in [0.15, 0.2) is 36.4 Å². The minimum absolute atomic E-state index is 0.0336. The van der Waals surface area contributed by atoms with E-state index in [1.807, 2.05) is 50.2 Å². The van der Waals surface area contributed by atoms with Crippen LogP contribution in [0.5, 0.6) is 11.5 Å². The van der Waals surface area contributed by atoms with Gasteiger partial charge in [0.25, 0.3) is 0 Å². The molecule has 0 bridgehead atoms. The van der Waals surface area contributed by atoms with E-state index in [0.717, 1.165) is 22.5 Å². The summed E-state index contributed by atoms with van der Waals surface area (Å²) in [6.45, 7) is 5.40. The molecule has 1 unspecified atom stereocenters. The fraction of sp³-hybridized carbons (Fsp3) is 0.333. The van der Waals surface area contributed by atoms with Crippen molar-refractivity contribution in [3.63, 3.8) is 0 Å². The second-order valence-electron chi connectivity index (χ2n) is 7.08. The Hall–Kier alpha value is -3.22. The Bertz CT molecular complexity index is 928. The highest BCUT2D eigenvalue weighted by molar-refractivity contribution is 5.98. The summed E-state index contributed by atoms with van der Waals surface area (Å²) in [5.41, 5.74) is 3.65. The third-order valence-electron chi connectivity index (χ3n) is 5.15. The molecular weight excluding hydrogens is 358 g/mol. The number of rotatable bonds is 3. The van der Waals surface area contributed by atoms with Crippen molar-refractivity contribution in [3.8, 4) is 11.5 Å². The monoisotopic (exact) mass is 381 g/mol. The van der Waals surface area contributed by atoms with Crippen molar-refractivity contribution in [3.05, 3.63) is 47.5 Å². The van der Waals surface area contributed by atoms with Crippen molar-refractivity contribution in [1.29, 1.82) is 0 Å². The van der Waals surface area contributed by atoms with E-state index in [1.54, 1.807) is 4.90 Å². The summed E-state index contributed by atoms with van der Waals surface area (Å²) in [7, 11) is 0. The molecule has 28 heavy (non-hydrogen) atoms. The third kappa shape index (κ3) is 3.60. The number of nitrogens with zero attached hydrogens (tertiary/aromatic N) is 1. The number of hydrogen-bond donors (Lipinski definition) is 2. The number of anilines is 2. The maximum atomic E-state index is 12.5. The summed E-state index contributed by atoms with van der Waals surface area (Å²) in [5, 5.41) is 5.77. The van der Waals surface area contributed by atoms with Crippen LogP contribution in [0, 0.1) is 13.8 Å². The molecule has 2 aromatic rings. The van der Waals surface area contributed by atoms with Gasteiger partial charge in [-0.15, -0.1) is 0 Å². The highest BCUT2D eigenvalue weighted by atomic mass is 16.6. The van der Waals surface area contributed by atoms with Gasteiger partial charge in [0.05, 0.1) is 6.04 Å². The molecule has 2 aliphatic rings. The van der Waals surface area contributed by atoms with Crippen LogP contribution in [-0.2, 0) is 4.79 Å². The molecular formula is C21H23N3O4. The molecule has 0 spiro atoms. The highest BCUT2D eigenvalue weighted by Gasteiger charge is 2.32. The molecule has 0 aliphatic carbocycles. The highest BCUT2D eigenvalue weighted by Crippen LogP contribution is 2.35. The number of nitrogens with one attached hydrogen (secondary N) is 2. The van der Waals surface area contributed by atoms with Gasteiger partial charge in [0.2, 0.25) is 5.91 Å². The molecule has 2 aromatic carbocycles. The largest absolute Gasteiger partial charge is 0.486 e. The predicted octanol–water partition coefficient (Wildman–Crippen LogP) is 3.00. The Balaban J connectivity index is 1.40. The molecule has 2 aliphatic heterocycles. The van der Waals surface area contributed by atoms with E-state index in [0.29, 0.717) is 31.3 Å². The van der Waals surface area contributed by atoms with Crippen molar-refractivity contribution in [1.82, 2.24) is 5.32 Å². The SMILES string of the molecule is Cc1cccc(NC(=O)NC2CC(=O)N(c3ccc4c(c3)OCCO4)C2)c1C. The van der Waals surface area contributed by atoms with Crippen LogP contribution in [0.25, 0.3) is 0 Å². The van der Waals surface area contributed by atoms with Crippen LogP contribution in [-0.4, -0.2) is 37.7 Å². The van der Waals surface area contributed by atoms with Gasteiger partial charge in [-0.25, -0.2) is 4.79 Å². The predicted molar refractivity (Wildman–Crippen MR) is 106 cm³/mol. The number of carbonyl (C=O) groups excluding carboxylic acids is 2. The number of hydrogen-bond acceptors (Lipinski definition) is 4. The van der Waals surface area contributed by atoms with E-state index in [9.17, 15) is 9.59 Å². The summed E-state index contributed by atoms with van der Waals surface area (Å²) in [4.78, 5) is 26.5. The molecule has 7 heteroatoms. The standard InChI is InChI=1S/C21H23N3O4/c1-13-4-3-5-17(14(13)2)23-21(26)22-15-10-20(25)24(12-15)16-6-7-18-19(11-16)28-9-8-27-18/h3-7,11,15H,8-10,12H2,1-2H3,(H2,22,23,26). The maximum Gasteiger partial charge on any atom is 0.319 e. The third-order valence-corrected chi connectivity index (χ3v) is 5.15. The fourth-order valence-corrected chi connectivity index (χ4v) is 3.48. The summed E-state index contributed by atoms with van der Waals surface area (Å²) in [6, 6.07) is 10.7. The average Bonchev–Trinajstić information content (AvgIpc) is 3.05. The number of urea groups is 1. The van der Waals surface area contributed by atoms with Crippen molar-refractivity contribution in [2.75, 3.05) is 30.0 Å². The smallest absolute Gasteiger partial charge is 0.319 e. The number of aryl methyl sites for hydroxylation is 1. The van der Waals surface area contributed by atoms with Gasteiger partial charge < -0.3 is 25.0 Å². The van der Waals surface area contributed by atoms with Gasteiger partial charge in [-0.2, -0.15) is 0 Å². The molecule has 0 saturated carbocycles. The molecule has 1 atom stereocenters. The normalized spacial score (nSPS) is 18.1. The van der Waals surface area contributed by atoms with Crippen molar-refractivity contribution in [2.24, 2.45) is 0 Å². The van der Waals surface area contributed by atoms with Crippen LogP contribution in [0.4, 0.5) is 16.2 Å². The summed E-state index contributed by atoms with van der Waals surface area (Å²) in [5.74, 6) is 1.29.